The minimum atomic E-state index is 0. The van der Waals surface area contributed by atoms with E-state index in [0.29, 0.717) is 6.42 Å². The van der Waals surface area contributed by atoms with Crippen LogP contribution in [0.5, 0.6) is 0 Å². The number of rotatable bonds is 5. The van der Waals surface area contributed by atoms with Crippen molar-refractivity contribution in [2.75, 3.05) is 0 Å². The van der Waals surface area contributed by atoms with Crippen molar-refractivity contribution < 1.29 is 11.0 Å². The molecule has 0 saturated heterocycles. The van der Waals surface area contributed by atoms with Crippen LogP contribution in [-0.2, 0) is 16.0 Å². The Morgan fingerprint density at radius 3 is 1.95 bits per heavy atom. The van der Waals surface area contributed by atoms with Crippen molar-refractivity contribution in [1.82, 2.24) is 0 Å². The second-order valence-electron chi connectivity index (χ2n) is 5.04. The van der Waals surface area contributed by atoms with E-state index in [4.69, 9.17) is 0 Å². The maximum Gasteiger partial charge on any atom is 0.152 e. The number of hydrogen-bond donors (Lipinski definition) is 0. The van der Waals surface area contributed by atoms with E-state index in [-0.39, 0.29) is 13.0 Å². The molecule has 2 aromatic carbocycles. The second-order valence-corrected chi connectivity index (χ2v) is 5.04. The summed E-state index contributed by atoms with van der Waals surface area (Å²) in [6.07, 6.45) is 4.90. The molecule has 0 aliphatic heterocycles. The maximum atomic E-state index is 10.6. The van der Waals surface area contributed by atoms with Gasteiger partial charge in [-0.3, -0.25) is 4.79 Å². The third-order valence-electron chi connectivity index (χ3n) is 2.92. The molecule has 2 aromatic rings. The SMILES string of the molecule is CC(=O)/C=C/c1ccccc1.CC(=O)CCc1ccccc1.[HH]. The van der Waals surface area contributed by atoms with Crippen LogP contribution < -0.4 is 0 Å². The second kappa shape index (κ2) is 10.3. The number of benzene rings is 2. The van der Waals surface area contributed by atoms with Crippen LogP contribution in [0.25, 0.3) is 6.08 Å². The molecule has 0 atom stereocenters. The van der Waals surface area contributed by atoms with E-state index in [2.05, 4.69) is 0 Å². The third-order valence-corrected chi connectivity index (χ3v) is 2.92. The molecule has 0 N–H and O–H groups in total. The van der Waals surface area contributed by atoms with E-state index in [9.17, 15) is 9.59 Å². The van der Waals surface area contributed by atoms with Crippen molar-refractivity contribution in [2.45, 2.75) is 26.7 Å². The third kappa shape index (κ3) is 8.64. The normalized spacial score (nSPS) is 9.91. The first-order valence-electron chi connectivity index (χ1n) is 7.35. The number of allylic oxidation sites excluding steroid dienone is 1. The van der Waals surface area contributed by atoms with Gasteiger partial charge in [0.25, 0.3) is 0 Å². The predicted molar refractivity (Wildman–Crippen MR) is 93.7 cm³/mol. The Morgan fingerprint density at radius 1 is 0.909 bits per heavy atom. The van der Waals surface area contributed by atoms with Crippen molar-refractivity contribution in [1.29, 1.82) is 0 Å². The lowest BCUT2D eigenvalue weighted by Gasteiger charge is -1.96. The molecular weight excluding hydrogens is 272 g/mol. The van der Waals surface area contributed by atoms with Gasteiger partial charge in [-0.2, -0.15) is 0 Å². The zero-order valence-electron chi connectivity index (χ0n) is 13.2. The van der Waals surface area contributed by atoms with Gasteiger partial charge in [0.1, 0.15) is 5.78 Å². The molecular formula is C20H24O2. The van der Waals surface area contributed by atoms with E-state index in [1.165, 1.54) is 5.56 Å². The van der Waals surface area contributed by atoms with Gasteiger partial charge in [-0.1, -0.05) is 66.7 Å². The predicted octanol–water partition coefficient (Wildman–Crippen LogP) is 4.74. The summed E-state index contributed by atoms with van der Waals surface area (Å²) in [5.41, 5.74) is 2.30. The summed E-state index contributed by atoms with van der Waals surface area (Å²) in [6.45, 7) is 3.17. The summed E-state index contributed by atoms with van der Waals surface area (Å²) >= 11 is 0. The van der Waals surface area contributed by atoms with Crippen LogP contribution in [0.2, 0.25) is 0 Å². The van der Waals surface area contributed by atoms with Crippen molar-refractivity contribution in [3.63, 3.8) is 0 Å². The minimum Gasteiger partial charge on any atom is -0.300 e. The largest absolute Gasteiger partial charge is 0.300 e. The Labute approximate surface area is 134 Å². The molecule has 0 heterocycles. The average molecular weight is 296 g/mol. The zero-order chi connectivity index (χ0) is 16.2. The highest BCUT2D eigenvalue weighted by Gasteiger charge is 1.94. The molecule has 116 valence electrons. The monoisotopic (exact) mass is 296 g/mol. The highest BCUT2D eigenvalue weighted by atomic mass is 16.1. The topological polar surface area (TPSA) is 34.1 Å². The fraction of sp³-hybridized carbons (Fsp3) is 0.200. The lowest BCUT2D eigenvalue weighted by molar-refractivity contribution is -0.117. The van der Waals surface area contributed by atoms with Crippen molar-refractivity contribution in [2.24, 2.45) is 0 Å². The number of Topliss-reactive ketones (excluding diaryl/α,β-unsaturated/α-hetero) is 1. The molecule has 0 fully saturated rings. The van der Waals surface area contributed by atoms with Gasteiger partial charge in [-0.05, 0) is 37.5 Å². The number of aryl methyl sites for hydroxylation is 1. The van der Waals surface area contributed by atoms with Gasteiger partial charge in [-0.25, -0.2) is 0 Å². The molecule has 0 aliphatic rings. The Balaban J connectivity index is 0.000000403. The van der Waals surface area contributed by atoms with Gasteiger partial charge in [0.2, 0.25) is 0 Å². The maximum absolute atomic E-state index is 10.6. The van der Waals surface area contributed by atoms with Gasteiger partial charge in [0.05, 0.1) is 0 Å². The van der Waals surface area contributed by atoms with Crippen LogP contribution in [0.1, 0.15) is 32.8 Å². The molecule has 2 nitrogen and oxygen atoms in total. The van der Waals surface area contributed by atoms with E-state index in [0.717, 1.165) is 12.0 Å². The Bertz CT molecular complexity index is 604. The van der Waals surface area contributed by atoms with Gasteiger partial charge in [0, 0.05) is 7.85 Å². The van der Waals surface area contributed by atoms with E-state index in [1.54, 1.807) is 19.9 Å². The average Bonchev–Trinajstić information content (AvgIpc) is 2.53. The molecule has 0 bridgehead atoms. The van der Waals surface area contributed by atoms with Crippen molar-refractivity contribution >= 4 is 17.6 Å². The molecule has 2 heteroatoms. The van der Waals surface area contributed by atoms with E-state index >= 15 is 0 Å². The summed E-state index contributed by atoms with van der Waals surface area (Å²) in [6, 6.07) is 19.8. The number of ketones is 2. The minimum absolute atomic E-state index is 0. The van der Waals surface area contributed by atoms with Crippen LogP contribution in [0.15, 0.2) is 66.7 Å². The molecule has 0 saturated carbocycles. The molecule has 0 radical (unpaired) electrons. The van der Waals surface area contributed by atoms with E-state index in [1.807, 2.05) is 66.7 Å². The van der Waals surface area contributed by atoms with Crippen LogP contribution >= 0.6 is 0 Å². The first kappa shape index (κ1) is 17.6. The van der Waals surface area contributed by atoms with Gasteiger partial charge >= 0.3 is 0 Å². The molecule has 0 amide bonds. The fourth-order valence-corrected chi connectivity index (χ4v) is 1.74. The summed E-state index contributed by atoms with van der Waals surface area (Å²) in [7, 11) is 0. The summed E-state index contributed by atoms with van der Waals surface area (Å²) < 4.78 is 0. The summed E-state index contributed by atoms with van der Waals surface area (Å²) in [5.74, 6) is 0.336. The van der Waals surface area contributed by atoms with Crippen molar-refractivity contribution in [3.8, 4) is 0 Å². The smallest absolute Gasteiger partial charge is 0.152 e. The first-order chi connectivity index (χ1) is 10.6. The summed E-state index contributed by atoms with van der Waals surface area (Å²) in [5, 5.41) is 0. The van der Waals surface area contributed by atoms with Crippen LogP contribution in [0.3, 0.4) is 0 Å². The first-order valence-corrected chi connectivity index (χ1v) is 7.35. The molecule has 0 unspecified atom stereocenters. The molecule has 0 aromatic heterocycles. The quantitative estimate of drug-likeness (QED) is 0.747. The molecule has 0 spiro atoms. The number of hydrogen-bond acceptors (Lipinski definition) is 2. The van der Waals surface area contributed by atoms with Crippen LogP contribution in [0, 0.1) is 0 Å². The lowest BCUT2D eigenvalue weighted by atomic mass is 10.1. The lowest BCUT2D eigenvalue weighted by Crippen LogP contribution is -1.92. The van der Waals surface area contributed by atoms with Crippen molar-refractivity contribution in [3.05, 3.63) is 77.9 Å². The van der Waals surface area contributed by atoms with Gasteiger partial charge < -0.3 is 4.79 Å². The molecule has 22 heavy (non-hydrogen) atoms. The van der Waals surface area contributed by atoms with Crippen LogP contribution in [-0.4, -0.2) is 11.6 Å². The Hall–Kier alpha value is -2.48. The molecule has 0 aliphatic carbocycles. The standard InChI is InChI=1S/C10H12O.C10H10O.H2/c2*1-9(11)7-8-10-5-3-2-4-6-10;/h2-6H,7-8H2,1H3;2-8H,1H3;1H/b;8-7+;. The summed E-state index contributed by atoms with van der Waals surface area (Å²) in [4.78, 5) is 21.1. The van der Waals surface area contributed by atoms with Gasteiger partial charge in [0.15, 0.2) is 5.78 Å². The van der Waals surface area contributed by atoms with Crippen LogP contribution in [0.4, 0.5) is 0 Å². The highest BCUT2D eigenvalue weighted by Crippen LogP contribution is 2.02. The number of carbonyl (C=O) groups excluding carboxylic acids is 2. The van der Waals surface area contributed by atoms with Gasteiger partial charge in [-0.15, -0.1) is 0 Å². The molecule has 2 rings (SSSR count). The Kier molecular flexibility index (Phi) is 8.21. The number of carbonyl (C=O) groups is 2. The Morgan fingerprint density at radius 2 is 1.45 bits per heavy atom. The fourth-order valence-electron chi connectivity index (χ4n) is 1.74. The van der Waals surface area contributed by atoms with E-state index < -0.39 is 0 Å². The highest BCUT2D eigenvalue weighted by molar-refractivity contribution is 5.91. The zero-order valence-corrected chi connectivity index (χ0v) is 13.2.